The molecule has 0 aliphatic rings. The fraction of sp³-hybridized carbons (Fsp3) is 0.182. The molecule has 1 aromatic heterocycles. The van der Waals surface area contributed by atoms with Gasteiger partial charge >= 0.3 is 0 Å². The van der Waals surface area contributed by atoms with Crippen LogP contribution in [-0.4, -0.2) is 4.98 Å². The first-order valence-electron chi connectivity index (χ1n) is 4.35. The number of rotatable bonds is 1. The topological polar surface area (TPSA) is 39.6 Å². The van der Waals surface area contributed by atoms with Gasteiger partial charge in [-0.25, -0.2) is 4.39 Å². The number of hydrogen-bond donors (Lipinski definition) is 1. The molecule has 0 radical (unpaired) electrons. The molecule has 0 saturated heterocycles. The largest absolute Gasteiger partial charge is 0.359 e. The van der Waals surface area contributed by atoms with Gasteiger partial charge in [0.05, 0.1) is 12.5 Å². The number of aromatic nitrogens is 1. The van der Waals surface area contributed by atoms with Gasteiger partial charge in [-0.05, 0) is 25.1 Å². The van der Waals surface area contributed by atoms with Crippen molar-refractivity contribution < 1.29 is 4.39 Å². The van der Waals surface area contributed by atoms with Gasteiger partial charge in [-0.2, -0.15) is 5.26 Å². The number of nitrogens with one attached hydrogen (secondary N) is 1. The molecule has 0 aliphatic heterocycles. The van der Waals surface area contributed by atoms with Crippen molar-refractivity contribution in [2.75, 3.05) is 0 Å². The molecule has 1 N–H and O–H groups in total. The number of nitrogens with zero attached hydrogens (tertiary/aromatic N) is 1. The Bertz CT molecular complexity index is 520. The molecule has 2 rings (SSSR count). The number of H-pyrrole nitrogens is 1. The molecule has 0 aliphatic carbocycles. The average Bonchev–Trinajstić information content (AvgIpc) is 2.45. The summed E-state index contributed by atoms with van der Waals surface area (Å²) in [5, 5.41) is 9.34. The molecule has 0 fully saturated rings. The smallest absolute Gasteiger partial charge is 0.128 e. The van der Waals surface area contributed by atoms with Gasteiger partial charge in [0, 0.05) is 22.2 Å². The Kier molecular flexibility index (Phi) is 1.97. The SMILES string of the molecule is Cc1cc2cc(F)c(CC#N)cc2[nH]1. The van der Waals surface area contributed by atoms with E-state index >= 15 is 0 Å². The Balaban J connectivity index is 2.65. The molecular weight excluding hydrogens is 179 g/mol. The van der Waals surface area contributed by atoms with E-state index in [9.17, 15) is 4.39 Å². The van der Waals surface area contributed by atoms with Crippen molar-refractivity contribution in [3.63, 3.8) is 0 Å². The number of benzene rings is 1. The summed E-state index contributed by atoms with van der Waals surface area (Å²) in [6.45, 7) is 1.92. The molecule has 0 atom stereocenters. The zero-order valence-corrected chi connectivity index (χ0v) is 7.76. The number of aromatic amines is 1. The molecule has 0 spiro atoms. The maximum Gasteiger partial charge on any atom is 0.128 e. The molecule has 14 heavy (non-hydrogen) atoms. The fourth-order valence-corrected chi connectivity index (χ4v) is 1.56. The van der Waals surface area contributed by atoms with Gasteiger partial charge in [-0.3, -0.25) is 0 Å². The predicted molar refractivity (Wildman–Crippen MR) is 52.3 cm³/mol. The summed E-state index contributed by atoms with van der Waals surface area (Å²) in [7, 11) is 0. The van der Waals surface area contributed by atoms with Crippen LogP contribution < -0.4 is 0 Å². The maximum atomic E-state index is 13.4. The molecule has 1 heterocycles. The van der Waals surface area contributed by atoms with Crippen molar-refractivity contribution in [1.82, 2.24) is 4.98 Å². The summed E-state index contributed by atoms with van der Waals surface area (Å²) in [6, 6.07) is 6.99. The van der Waals surface area contributed by atoms with Crippen LogP contribution in [0.15, 0.2) is 18.2 Å². The highest BCUT2D eigenvalue weighted by Crippen LogP contribution is 2.20. The zero-order chi connectivity index (χ0) is 10.1. The zero-order valence-electron chi connectivity index (χ0n) is 7.76. The molecule has 3 heteroatoms. The van der Waals surface area contributed by atoms with Gasteiger partial charge < -0.3 is 4.98 Å². The third-order valence-corrected chi connectivity index (χ3v) is 2.19. The van der Waals surface area contributed by atoms with Gasteiger partial charge in [0.2, 0.25) is 0 Å². The first kappa shape index (κ1) is 8.76. The lowest BCUT2D eigenvalue weighted by Crippen LogP contribution is -1.87. The third kappa shape index (κ3) is 1.35. The third-order valence-electron chi connectivity index (χ3n) is 2.19. The Hall–Kier alpha value is -1.82. The number of hydrogen-bond acceptors (Lipinski definition) is 1. The predicted octanol–water partition coefficient (Wildman–Crippen LogP) is 2.68. The van der Waals surface area contributed by atoms with Crippen molar-refractivity contribution in [3.8, 4) is 6.07 Å². The fourth-order valence-electron chi connectivity index (χ4n) is 1.56. The van der Waals surface area contributed by atoms with Crippen LogP contribution in [0.1, 0.15) is 11.3 Å². The Morgan fingerprint density at radius 2 is 2.21 bits per heavy atom. The van der Waals surface area contributed by atoms with E-state index in [0.717, 1.165) is 16.6 Å². The van der Waals surface area contributed by atoms with E-state index in [2.05, 4.69) is 4.98 Å². The summed E-state index contributed by atoms with van der Waals surface area (Å²) in [5.41, 5.74) is 2.32. The highest BCUT2D eigenvalue weighted by atomic mass is 19.1. The summed E-state index contributed by atoms with van der Waals surface area (Å²) in [6.07, 6.45) is 0.111. The lowest BCUT2D eigenvalue weighted by atomic mass is 10.1. The van der Waals surface area contributed by atoms with E-state index in [1.54, 1.807) is 6.07 Å². The van der Waals surface area contributed by atoms with Crippen LogP contribution >= 0.6 is 0 Å². The second-order valence-corrected chi connectivity index (χ2v) is 3.32. The van der Waals surface area contributed by atoms with E-state index < -0.39 is 0 Å². The van der Waals surface area contributed by atoms with Gasteiger partial charge in [0.15, 0.2) is 0 Å². The first-order valence-corrected chi connectivity index (χ1v) is 4.35. The van der Waals surface area contributed by atoms with E-state index in [1.165, 1.54) is 6.07 Å². The minimum absolute atomic E-state index is 0.111. The van der Waals surface area contributed by atoms with E-state index in [0.29, 0.717) is 5.56 Å². The van der Waals surface area contributed by atoms with E-state index in [-0.39, 0.29) is 12.2 Å². The van der Waals surface area contributed by atoms with Gasteiger partial charge in [0.25, 0.3) is 0 Å². The van der Waals surface area contributed by atoms with Crippen LogP contribution in [0.25, 0.3) is 10.9 Å². The molecule has 2 aromatic rings. The Morgan fingerprint density at radius 3 is 2.93 bits per heavy atom. The second kappa shape index (κ2) is 3.15. The number of halogens is 1. The van der Waals surface area contributed by atoms with Crippen molar-refractivity contribution in [1.29, 1.82) is 5.26 Å². The summed E-state index contributed by atoms with van der Waals surface area (Å²) < 4.78 is 13.4. The van der Waals surface area contributed by atoms with Gasteiger partial charge in [-0.1, -0.05) is 0 Å². The molecule has 2 nitrogen and oxygen atoms in total. The highest BCUT2D eigenvalue weighted by Gasteiger charge is 2.05. The van der Waals surface area contributed by atoms with Crippen molar-refractivity contribution in [3.05, 3.63) is 35.3 Å². The first-order chi connectivity index (χ1) is 6.70. The molecule has 70 valence electrons. The highest BCUT2D eigenvalue weighted by molar-refractivity contribution is 5.81. The summed E-state index contributed by atoms with van der Waals surface area (Å²) in [4.78, 5) is 3.11. The van der Waals surface area contributed by atoms with Crippen LogP contribution in [-0.2, 0) is 6.42 Å². The molecule has 0 bridgehead atoms. The quantitative estimate of drug-likeness (QED) is 0.734. The van der Waals surface area contributed by atoms with Gasteiger partial charge in [-0.15, -0.1) is 0 Å². The van der Waals surface area contributed by atoms with Crippen molar-refractivity contribution >= 4 is 10.9 Å². The standard InChI is InChI=1S/C11H9FN2/c1-7-4-9-5-10(12)8(2-3-13)6-11(9)14-7/h4-6,14H,2H2,1H3. The van der Waals surface area contributed by atoms with Gasteiger partial charge in [0.1, 0.15) is 5.82 Å². The van der Waals surface area contributed by atoms with Crippen LogP contribution in [0, 0.1) is 24.1 Å². The Morgan fingerprint density at radius 1 is 1.43 bits per heavy atom. The average molecular weight is 188 g/mol. The summed E-state index contributed by atoms with van der Waals surface area (Å²) >= 11 is 0. The normalized spacial score (nSPS) is 10.4. The number of aryl methyl sites for hydroxylation is 1. The molecule has 1 aromatic carbocycles. The molecule has 0 saturated carbocycles. The van der Waals surface area contributed by atoms with E-state index in [1.807, 2.05) is 19.1 Å². The second-order valence-electron chi connectivity index (χ2n) is 3.32. The monoisotopic (exact) mass is 188 g/mol. The minimum Gasteiger partial charge on any atom is -0.359 e. The van der Waals surface area contributed by atoms with Crippen molar-refractivity contribution in [2.24, 2.45) is 0 Å². The molecule has 0 unspecified atom stereocenters. The molecular formula is C11H9FN2. The number of nitriles is 1. The lowest BCUT2D eigenvalue weighted by molar-refractivity contribution is 0.617. The Labute approximate surface area is 81.0 Å². The number of fused-ring (bicyclic) bond motifs is 1. The lowest BCUT2D eigenvalue weighted by Gasteiger charge is -1.97. The van der Waals surface area contributed by atoms with Crippen molar-refractivity contribution in [2.45, 2.75) is 13.3 Å². The van der Waals surface area contributed by atoms with Crippen LogP contribution in [0.2, 0.25) is 0 Å². The van der Waals surface area contributed by atoms with Crippen LogP contribution in [0.4, 0.5) is 4.39 Å². The van der Waals surface area contributed by atoms with Crippen LogP contribution in [0.3, 0.4) is 0 Å². The van der Waals surface area contributed by atoms with Crippen LogP contribution in [0.5, 0.6) is 0 Å². The maximum absolute atomic E-state index is 13.4. The molecule has 0 amide bonds. The van der Waals surface area contributed by atoms with E-state index in [4.69, 9.17) is 5.26 Å². The summed E-state index contributed by atoms with van der Waals surface area (Å²) in [5.74, 6) is -0.307. The minimum atomic E-state index is -0.307.